The number of aryl methyl sites for hydroxylation is 1. The fourth-order valence-corrected chi connectivity index (χ4v) is 4.32. The molecule has 0 saturated carbocycles. The quantitative estimate of drug-likeness (QED) is 0.646. The molecule has 1 saturated heterocycles. The molecule has 1 fully saturated rings. The van der Waals surface area contributed by atoms with E-state index in [2.05, 4.69) is 29.2 Å². The highest BCUT2D eigenvalue weighted by molar-refractivity contribution is 5.38. The Morgan fingerprint density at radius 2 is 1.87 bits per heavy atom. The molecular weight excluding hydrogens is 288 g/mol. The Bertz CT molecular complexity index is 731. The first-order valence-corrected chi connectivity index (χ1v) is 8.18. The van der Waals surface area contributed by atoms with Gasteiger partial charge in [-0.15, -0.1) is 0 Å². The Morgan fingerprint density at radius 3 is 2.65 bits per heavy atom. The largest absolute Gasteiger partial charge is 0.291 e. The molecule has 0 amide bonds. The van der Waals surface area contributed by atoms with E-state index in [1.54, 1.807) is 0 Å². The average Bonchev–Trinajstić information content (AvgIpc) is 2.96. The van der Waals surface area contributed by atoms with Crippen molar-refractivity contribution in [3.05, 3.63) is 81.4 Å². The van der Waals surface area contributed by atoms with Gasteiger partial charge in [0.15, 0.2) is 0 Å². The molecule has 2 aromatic carbocycles. The van der Waals surface area contributed by atoms with Gasteiger partial charge in [0.2, 0.25) is 5.54 Å². The Hall–Kier alpha value is -2.20. The zero-order chi connectivity index (χ0) is 15.9. The van der Waals surface area contributed by atoms with Crippen LogP contribution in [0.1, 0.15) is 29.0 Å². The number of fused-ring (bicyclic) bond motifs is 3. The number of likely N-dealkylation sites (tertiary alicyclic amines) is 1. The molecule has 1 aliphatic carbocycles. The smallest absolute Gasteiger partial charge is 0.242 e. The first-order valence-electron chi connectivity index (χ1n) is 8.18. The Kier molecular flexibility index (Phi) is 3.42. The number of benzene rings is 2. The van der Waals surface area contributed by atoms with Gasteiger partial charge in [-0.05, 0) is 23.1 Å². The maximum Gasteiger partial charge on any atom is 0.242 e. The summed E-state index contributed by atoms with van der Waals surface area (Å²) in [6.07, 6.45) is 1.46. The van der Waals surface area contributed by atoms with E-state index in [9.17, 15) is 10.1 Å². The molecule has 4 heteroatoms. The van der Waals surface area contributed by atoms with Crippen LogP contribution in [0, 0.1) is 10.1 Å². The summed E-state index contributed by atoms with van der Waals surface area (Å²) in [5.41, 5.74) is 2.88. The molecule has 1 heterocycles. The highest BCUT2D eigenvalue weighted by Gasteiger charge is 2.58. The molecule has 4 rings (SSSR count). The monoisotopic (exact) mass is 308 g/mol. The summed E-state index contributed by atoms with van der Waals surface area (Å²) in [5, 5.41) is 11.9. The third kappa shape index (κ3) is 2.34. The van der Waals surface area contributed by atoms with Gasteiger partial charge in [-0.1, -0.05) is 54.6 Å². The molecule has 0 aromatic heterocycles. The molecule has 0 spiro atoms. The summed E-state index contributed by atoms with van der Waals surface area (Å²) in [6, 6.07) is 18.5. The van der Waals surface area contributed by atoms with Gasteiger partial charge in [0.25, 0.3) is 0 Å². The van der Waals surface area contributed by atoms with Crippen molar-refractivity contribution < 1.29 is 4.92 Å². The van der Waals surface area contributed by atoms with Crippen LogP contribution in [0.3, 0.4) is 0 Å². The summed E-state index contributed by atoms with van der Waals surface area (Å²) in [6.45, 7) is 2.11. The highest BCUT2D eigenvalue weighted by Crippen LogP contribution is 2.46. The minimum Gasteiger partial charge on any atom is -0.291 e. The lowest BCUT2D eigenvalue weighted by Crippen LogP contribution is -2.47. The summed E-state index contributed by atoms with van der Waals surface area (Å²) in [5.74, 6) is 0.00571. The van der Waals surface area contributed by atoms with E-state index < -0.39 is 5.54 Å². The predicted molar refractivity (Wildman–Crippen MR) is 88.9 cm³/mol. The van der Waals surface area contributed by atoms with Crippen molar-refractivity contribution in [1.82, 2.24) is 4.90 Å². The second-order valence-corrected chi connectivity index (χ2v) is 6.77. The lowest BCUT2D eigenvalue weighted by molar-refractivity contribution is -0.571. The molecule has 0 N–H and O–H groups in total. The topological polar surface area (TPSA) is 46.4 Å². The van der Waals surface area contributed by atoms with E-state index in [0.29, 0.717) is 13.0 Å². The standard InChI is InChI=1S/C19H20N2O2/c22-21(23)19-11-10-16-8-4-5-9-17(16)18(19)13-20(14-19)12-15-6-2-1-3-7-15/h1-9,18H,10-14H2/t18-,19+/m1/s1. The second-order valence-electron chi connectivity index (χ2n) is 6.77. The van der Waals surface area contributed by atoms with Gasteiger partial charge < -0.3 is 0 Å². The van der Waals surface area contributed by atoms with Crippen LogP contribution < -0.4 is 0 Å². The van der Waals surface area contributed by atoms with E-state index in [0.717, 1.165) is 19.5 Å². The van der Waals surface area contributed by atoms with Gasteiger partial charge in [-0.2, -0.15) is 0 Å². The molecule has 23 heavy (non-hydrogen) atoms. The van der Waals surface area contributed by atoms with Crippen LogP contribution in [-0.2, 0) is 13.0 Å². The summed E-state index contributed by atoms with van der Waals surface area (Å²) < 4.78 is 0. The molecular formula is C19H20N2O2. The predicted octanol–water partition coefficient (Wildman–Crippen LogP) is 3.25. The zero-order valence-electron chi connectivity index (χ0n) is 13.0. The van der Waals surface area contributed by atoms with E-state index in [4.69, 9.17) is 0 Å². The van der Waals surface area contributed by atoms with Crippen molar-refractivity contribution in [3.63, 3.8) is 0 Å². The summed E-state index contributed by atoms with van der Waals surface area (Å²) in [7, 11) is 0. The van der Waals surface area contributed by atoms with Crippen LogP contribution >= 0.6 is 0 Å². The number of hydrogen-bond donors (Lipinski definition) is 0. The molecule has 2 atom stereocenters. The van der Waals surface area contributed by atoms with Crippen LogP contribution in [0.25, 0.3) is 0 Å². The number of nitro groups is 1. The maximum atomic E-state index is 11.9. The molecule has 2 aromatic rings. The van der Waals surface area contributed by atoms with E-state index >= 15 is 0 Å². The lowest BCUT2D eigenvalue weighted by atomic mass is 9.72. The highest BCUT2D eigenvalue weighted by atomic mass is 16.6. The van der Waals surface area contributed by atoms with Crippen LogP contribution in [0.15, 0.2) is 54.6 Å². The lowest BCUT2D eigenvalue weighted by Gasteiger charge is -2.32. The fourth-order valence-electron chi connectivity index (χ4n) is 4.32. The summed E-state index contributed by atoms with van der Waals surface area (Å²) in [4.78, 5) is 14.2. The van der Waals surface area contributed by atoms with Crippen molar-refractivity contribution in [2.75, 3.05) is 13.1 Å². The molecule has 1 aliphatic heterocycles. The molecule has 4 nitrogen and oxygen atoms in total. The second kappa shape index (κ2) is 5.46. The van der Waals surface area contributed by atoms with Crippen LogP contribution in [0.2, 0.25) is 0 Å². The third-order valence-electron chi connectivity index (χ3n) is 5.46. The number of nitrogens with zero attached hydrogens (tertiary/aromatic N) is 2. The van der Waals surface area contributed by atoms with Crippen LogP contribution in [0.4, 0.5) is 0 Å². The summed E-state index contributed by atoms with van der Waals surface area (Å²) >= 11 is 0. The fraction of sp³-hybridized carbons (Fsp3) is 0.368. The van der Waals surface area contributed by atoms with E-state index in [1.807, 2.05) is 30.3 Å². The van der Waals surface area contributed by atoms with Gasteiger partial charge in [0.1, 0.15) is 0 Å². The van der Waals surface area contributed by atoms with Gasteiger partial charge >= 0.3 is 0 Å². The minimum atomic E-state index is -0.816. The molecule has 0 unspecified atom stereocenters. The molecule has 2 aliphatic rings. The van der Waals surface area contributed by atoms with Gasteiger partial charge in [0, 0.05) is 24.4 Å². The molecule has 0 radical (unpaired) electrons. The zero-order valence-corrected chi connectivity index (χ0v) is 13.0. The third-order valence-corrected chi connectivity index (χ3v) is 5.46. The molecule has 0 bridgehead atoms. The van der Waals surface area contributed by atoms with Crippen LogP contribution in [-0.4, -0.2) is 28.5 Å². The Labute approximate surface area is 135 Å². The van der Waals surface area contributed by atoms with Crippen LogP contribution in [0.5, 0.6) is 0 Å². The Balaban J connectivity index is 1.66. The van der Waals surface area contributed by atoms with E-state index in [-0.39, 0.29) is 10.8 Å². The first-order chi connectivity index (χ1) is 11.2. The van der Waals surface area contributed by atoms with Crippen molar-refractivity contribution in [1.29, 1.82) is 0 Å². The Morgan fingerprint density at radius 1 is 1.13 bits per heavy atom. The maximum absolute atomic E-state index is 11.9. The number of hydrogen-bond acceptors (Lipinski definition) is 3. The van der Waals surface area contributed by atoms with Crippen molar-refractivity contribution in [2.45, 2.75) is 30.8 Å². The van der Waals surface area contributed by atoms with Crippen molar-refractivity contribution >= 4 is 0 Å². The van der Waals surface area contributed by atoms with E-state index in [1.165, 1.54) is 16.7 Å². The van der Waals surface area contributed by atoms with Crippen molar-refractivity contribution in [3.8, 4) is 0 Å². The SMILES string of the molecule is O=[N+]([O-])[C@]12CCc3ccccc3[C@H]1CN(Cc1ccccc1)C2. The minimum absolute atomic E-state index is 0.00139. The van der Waals surface area contributed by atoms with Gasteiger partial charge in [-0.25, -0.2) is 0 Å². The van der Waals surface area contributed by atoms with Gasteiger partial charge in [-0.3, -0.25) is 15.0 Å². The van der Waals surface area contributed by atoms with Crippen molar-refractivity contribution in [2.24, 2.45) is 0 Å². The molecule has 118 valence electrons. The average molecular weight is 308 g/mol. The number of rotatable bonds is 3. The normalized spacial score (nSPS) is 26.5. The van der Waals surface area contributed by atoms with Gasteiger partial charge in [0.05, 0.1) is 12.5 Å². The first kappa shape index (κ1) is 14.4.